The maximum Gasteiger partial charge on any atom is 0.341 e. The third kappa shape index (κ3) is 2.79. The van der Waals surface area contributed by atoms with Gasteiger partial charge in [-0.25, -0.2) is 9.18 Å². The van der Waals surface area contributed by atoms with Crippen LogP contribution in [0, 0.1) is 18.2 Å². The third-order valence-corrected chi connectivity index (χ3v) is 6.07. The van der Waals surface area contributed by atoms with E-state index in [1.54, 1.807) is 16.4 Å². The molecule has 0 amide bonds. The van der Waals surface area contributed by atoms with Crippen LogP contribution in [0.3, 0.4) is 0 Å². The summed E-state index contributed by atoms with van der Waals surface area (Å²) in [7, 11) is 0. The van der Waals surface area contributed by atoms with Crippen LogP contribution in [0.1, 0.15) is 41.2 Å². The SMILES string of the molecule is Cc1c(N2CCC(CO)(CO)C2)c(F)cc2c(=O)c(C(=O)O)cn(C3CC3)c12. The molecule has 1 aromatic heterocycles. The van der Waals surface area contributed by atoms with Gasteiger partial charge in [-0.3, -0.25) is 4.79 Å². The first kappa shape index (κ1) is 18.9. The largest absolute Gasteiger partial charge is 0.477 e. The van der Waals surface area contributed by atoms with Gasteiger partial charge in [0.05, 0.1) is 24.4 Å². The average molecular weight is 390 g/mol. The zero-order chi connectivity index (χ0) is 20.2. The molecule has 28 heavy (non-hydrogen) atoms. The minimum absolute atomic E-state index is 0.0697. The summed E-state index contributed by atoms with van der Waals surface area (Å²) < 4.78 is 16.9. The van der Waals surface area contributed by atoms with E-state index in [4.69, 9.17) is 0 Å². The van der Waals surface area contributed by atoms with E-state index in [2.05, 4.69) is 0 Å². The Kier molecular flexibility index (Phi) is 4.43. The standard InChI is InChI=1S/C20H23FN2O5/c1-11-16-13(18(26)14(19(27)28)7-23(16)12-2-3-12)6-15(21)17(11)22-5-4-20(8-22,9-24)10-25/h6-7,12,24-25H,2-5,8-10H2,1H3,(H,27,28). The van der Waals surface area contributed by atoms with Gasteiger partial charge in [0.25, 0.3) is 0 Å². The number of aromatic nitrogens is 1. The molecule has 2 aliphatic rings. The highest BCUT2D eigenvalue weighted by Gasteiger charge is 2.39. The smallest absolute Gasteiger partial charge is 0.341 e. The van der Waals surface area contributed by atoms with E-state index in [9.17, 15) is 24.9 Å². The van der Waals surface area contributed by atoms with Crippen LogP contribution in [0.2, 0.25) is 0 Å². The van der Waals surface area contributed by atoms with Gasteiger partial charge in [-0.2, -0.15) is 0 Å². The number of hydrogen-bond acceptors (Lipinski definition) is 5. The summed E-state index contributed by atoms with van der Waals surface area (Å²) in [6, 6.07) is 1.23. The maximum absolute atomic E-state index is 15.1. The van der Waals surface area contributed by atoms with Crippen molar-refractivity contribution in [3.05, 3.63) is 39.4 Å². The summed E-state index contributed by atoms with van der Waals surface area (Å²) in [6.07, 6.45) is 3.66. The lowest BCUT2D eigenvalue weighted by Gasteiger charge is -2.27. The number of aliphatic hydroxyl groups is 2. The highest BCUT2D eigenvalue weighted by atomic mass is 19.1. The second-order valence-corrected chi connectivity index (χ2v) is 8.03. The van der Waals surface area contributed by atoms with Gasteiger partial charge in [-0.15, -0.1) is 0 Å². The number of halogens is 1. The number of benzene rings is 1. The first-order valence-electron chi connectivity index (χ1n) is 9.40. The summed E-state index contributed by atoms with van der Waals surface area (Å²) in [5.41, 5.74) is -0.256. The van der Waals surface area contributed by atoms with Crippen molar-refractivity contribution < 1.29 is 24.5 Å². The number of carboxylic acids is 1. The Morgan fingerprint density at radius 3 is 2.54 bits per heavy atom. The predicted molar refractivity (Wildman–Crippen MR) is 102 cm³/mol. The number of rotatable bonds is 5. The number of anilines is 1. The van der Waals surface area contributed by atoms with E-state index in [0.717, 1.165) is 18.9 Å². The molecule has 4 rings (SSSR count). The first-order valence-corrected chi connectivity index (χ1v) is 9.40. The topological polar surface area (TPSA) is 103 Å². The number of aryl methyl sites for hydroxylation is 1. The molecule has 2 heterocycles. The third-order valence-electron chi connectivity index (χ3n) is 6.07. The van der Waals surface area contributed by atoms with Crippen LogP contribution in [0.5, 0.6) is 0 Å². The fourth-order valence-corrected chi connectivity index (χ4v) is 4.29. The van der Waals surface area contributed by atoms with Gasteiger partial charge in [-0.05, 0) is 37.8 Å². The van der Waals surface area contributed by atoms with Crippen molar-refractivity contribution in [3.63, 3.8) is 0 Å². The van der Waals surface area contributed by atoms with Crippen molar-refractivity contribution in [1.29, 1.82) is 0 Å². The number of fused-ring (bicyclic) bond motifs is 1. The number of pyridine rings is 1. The van der Waals surface area contributed by atoms with E-state index in [1.165, 1.54) is 6.20 Å². The quantitative estimate of drug-likeness (QED) is 0.718. The van der Waals surface area contributed by atoms with Crippen LogP contribution < -0.4 is 10.3 Å². The number of hydrogen-bond donors (Lipinski definition) is 3. The summed E-state index contributed by atoms with van der Waals surface area (Å²) in [4.78, 5) is 25.9. The molecule has 0 bridgehead atoms. The zero-order valence-corrected chi connectivity index (χ0v) is 15.6. The second kappa shape index (κ2) is 6.56. The Morgan fingerprint density at radius 2 is 2.00 bits per heavy atom. The minimum Gasteiger partial charge on any atom is -0.477 e. The molecular formula is C20H23FN2O5. The Bertz CT molecular complexity index is 1020. The van der Waals surface area contributed by atoms with Gasteiger partial charge >= 0.3 is 5.97 Å². The van der Waals surface area contributed by atoms with Crippen LogP contribution in [-0.2, 0) is 0 Å². The van der Waals surface area contributed by atoms with Gasteiger partial charge in [0.15, 0.2) is 0 Å². The van der Waals surface area contributed by atoms with Crippen LogP contribution >= 0.6 is 0 Å². The molecule has 1 aliphatic heterocycles. The summed E-state index contributed by atoms with van der Waals surface area (Å²) in [5.74, 6) is -1.92. The number of carboxylic acid groups (broad SMARTS) is 1. The normalized spacial score (nSPS) is 18.8. The fraction of sp³-hybridized carbons (Fsp3) is 0.500. The highest BCUT2D eigenvalue weighted by molar-refractivity contribution is 5.95. The monoisotopic (exact) mass is 390 g/mol. The molecule has 8 heteroatoms. The summed E-state index contributed by atoms with van der Waals surface area (Å²) in [5, 5.41) is 28.7. The first-order chi connectivity index (χ1) is 13.3. The molecule has 2 aromatic rings. The van der Waals surface area contributed by atoms with E-state index < -0.39 is 22.6 Å². The van der Waals surface area contributed by atoms with Crippen LogP contribution in [-0.4, -0.2) is 52.2 Å². The van der Waals surface area contributed by atoms with Gasteiger partial charge in [-0.1, -0.05) is 0 Å². The molecule has 1 saturated carbocycles. The Hall–Kier alpha value is -2.45. The molecule has 150 valence electrons. The van der Waals surface area contributed by atoms with Crippen molar-refractivity contribution in [3.8, 4) is 0 Å². The molecule has 0 atom stereocenters. The van der Waals surface area contributed by atoms with E-state index >= 15 is 4.39 Å². The second-order valence-electron chi connectivity index (χ2n) is 8.03. The van der Waals surface area contributed by atoms with Crippen LogP contribution in [0.25, 0.3) is 10.9 Å². The Labute approximate surface area is 160 Å². The van der Waals surface area contributed by atoms with Gasteiger partial charge in [0.2, 0.25) is 5.43 Å². The van der Waals surface area contributed by atoms with Gasteiger partial charge in [0, 0.05) is 36.1 Å². The Morgan fingerprint density at radius 1 is 1.32 bits per heavy atom. The molecule has 1 saturated heterocycles. The fourth-order valence-electron chi connectivity index (χ4n) is 4.29. The molecule has 0 spiro atoms. The molecule has 3 N–H and O–H groups in total. The lowest BCUT2D eigenvalue weighted by atomic mass is 9.89. The maximum atomic E-state index is 15.1. The van der Waals surface area contributed by atoms with Crippen molar-refractivity contribution in [2.24, 2.45) is 5.41 Å². The molecule has 1 aliphatic carbocycles. The van der Waals surface area contributed by atoms with E-state index in [-0.39, 0.29) is 30.2 Å². The van der Waals surface area contributed by atoms with Crippen molar-refractivity contribution >= 4 is 22.6 Å². The lowest BCUT2D eigenvalue weighted by molar-refractivity contribution is 0.0694. The summed E-state index contributed by atoms with van der Waals surface area (Å²) >= 11 is 0. The molecular weight excluding hydrogens is 367 g/mol. The zero-order valence-electron chi connectivity index (χ0n) is 15.6. The van der Waals surface area contributed by atoms with Crippen LogP contribution in [0.4, 0.5) is 10.1 Å². The lowest BCUT2D eigenvalue weighted by Crippen LogP contribution is -2.34. The van der Waals surface area contributed by atoms with Gasteiger partial charge < -0.3 is 24.8 Å². The van der Waals surface area contributed by atoms with Crippen molar-refractivity contribution in [2.45, 2.75) is 32.2 Å². The number of aromatic carboxylic acids is 1. The van der Waals surface area contributed by atoms with E-state index in [1.807, 2.05) is 0 Å². The van der Waals surface area contributed by atoms with Crippen molar-refractivity contribution in [1.82, 2.24) is 4.57 Å². The van der Waals surface area contributed by atoms with Gasteiger partial charge in [0.1, 0.15) is 11.4 Å². The predicted octanol–water partition coefficient (Wildman–Crippen LogP) is 1.66. The molecule has 0 radical (unpaired) electrons. The molecule has 2 fully saturated rings. The Balaban J connectivity index is 1.94. The molecule has 7 nitrogen and oxygen atoms in total. The summed E-state index contributed by atoms with van der Waals surface area (Å²) in [6.45, 7) is 2.14. The molecule has 0 unspecified atom stereocenters. The average Bonchev–Trinajstić information content (AvgIpc) is 3.42. The number of aliphatic hydroxyl groups excluding tert-OH is 2. The number of nitrogens with zero attached hydrogens (tertiary/aromatic N) is 2. The minimum atomic E-state index is -1.32. The molecule has 1 aromatic carbocycles. The number of carbonyl (C=O) groups is 1. The highest BCUT2D eigenvalue weighted by Crippen LogP contribution is 2.41. The van der Waals surface area contributed by atoms with E-state index in [0.29, 0.717) is 36.3 Å². The van der Waals surface area contributed by atoms with Crippen molar-refractivity contribution in [2.75, 3.05) is 31.2 Å². The van der Waals surface area contributed by atoms with Crippen LogP contribution in [0.15, 0.2) is 17.1 Å².